The van der Waals surface area contributed by atoms with Gasteiger partial charge in [-0.2, -0.15) is 0 Å². The van der Waals surface area contributed by atoms with Gasteiger partial charge in [0.25, 0.3) is 0 Å². The molecule has 1 N–H and O–H groups in total. The van der Waals surface area contributed by atoms with Crippen LogP contribution in [0.3, 0.4) is 0 Å². The fourth-order valence-corrected chi connectivity index (χ4v) is 2.72. The molecule has 0 aromatic heterocycles. The number of nitrogens with zero attached hydrogens (tertiary/aromatic N) is 1. The first-order valence-corrected chi connectivity index (χ1v) is 5.74. The highest BCUT2D eigenvalue weighted by Crippen LogP contribution is 2.40. The highest BCUT2D eigenvalue weighted by atomic mass is 16.4. The van der Waals surface area contributed by atoms with E-state index in [1.807, 2.05) is 6.92 Å². The predicted octanol–water partition coefficient (Wildman–Crippen LogP) is 3.83. The maximum atomic E-state index is 8.68. The van der Waals surface area contributed by atoms with Crippen molar-refractivity contribution in [2.45, 2.75) is 59.3 Å². The molecule has 1 rings (SSSR count). The van der Waals surface area contributed by atoms with Gasteiger partial charge in [-0.25, -0.2) is 0 Å². The Balaban J connectivity index is 2.53. The summed E-state index contributed by atoms with van der Waals surface area (Å²) in [4.78, 5) is 0. The second-order valence-electron chi connectivity index (χ2n) is 5.34. The van der Waals surface area contributed by atoms with E-state index < -0.39 is 0 Å². The maximum Gasteiger partial charge on any atom is 0.0545 e. The molecule has 0 spiro atoms. The largest absolute Gasteiger partial charge is 0.411 e. The highest BCUT2D eigenvalue weighted by molar-refractivity contribution is 5.81. The standard InChI is InChI=1S/C12H23NO/c1-10(13-14)9-12(2,3)11-7-5-4-6-8-11/h11,14H,4-9H2,1-3H3/b13-10+. The summed E-state index contributed by atoms with van der Waals surface area (Å²) in [5.74, 6) is 0.813. The third-order valence-corrected chi connectivity index (χ3v) is 3.59. The van der Waals surface area contributed by atoms with E-state index >= 15 is 0 Å². The molecule has 2 heteroatoms. The first kappa shape index (κ1) is 11.5. The Labute approximate surface area is 87.4 Å². The topological polar surface area (TPSA) is 32.6 Å². The van der Waals surface area contributed by atoms with Crippen molar-refractivity contribution in [1.29, 1.82) is 0 Å². The van der Waals surface area contributed by atoms with E-state index in [1.54, 1.807) is 0 Å². The van der Waals surface area contributed by atoms with Gasteiger partial charge < -0.3 is 5.21 Å². The maximum absolute atomic E-state index is 8.68. The fourth-order valence-electron chi connectivity index (χ4n) is 2.72. The van der Waals surface area contributed by atoms with Crippen LogP contribution in [0.15, 0.2) is 5.16 Å². The zero-order chi connectivity index (χ0) is 10.6. The molecular formula is C12H23NO. The van der Waals surface area contributed by atoms with Crippen molar-refractivity contribution < 1.29 is 5.21 Å². The SMILES string of the molecule is C/C(CC(C)(C)C1CCCCC1)=N\O. The lowest BCUT2D eigenvalue weighted by atomic mass is 9.69. The molecule has 0 aromatic carbocycles. The van der Waals surface area contributed by atoms with Gasteiger partial charge in [-0.3, -0.25) is 0 Å². The van der Waals surface area contributed by atoms with Crippen molar-refractivity contribution >= 4 is 5.71 Å². The van der Waals surface area contributed by atoms with Crippen LogP contribution in [-0.2, 0) is 0 Å². The van der Waals surface area contributed by atoms with Crippen LogP contribution in [0.4, 0.5) is 0 Å². The molecule has 1 aliphatic carbocycles. The molecule has 0 atom stereocenters. The van der Waals surface area contributed by atoms with Crippen LogP contribution in [0.5, 0.6) is 0 Å². The lowest BCUT2D eigenvalue weighted by molar-refractivity contribution is 0.164. The molecule has 1 aliphatic rings. The Morgan fingerprint density at radius 2 is 1.86 bits per heavy atom. The summed E-state index contributed by atoms with van der Waals surface area (Å²) in [6.45, 7) is 6.51. The molecule has 0 radical (unpaired) electrons. The van der Waals surface area contributed by atoms with E-state index in [1.165, 1.54) is 32.1 Å². The third-order valence-electron chi connectivity index (χ3n) is 3.59. The van der Waals surface area contributed by atoms with Crippen LogP contribution < -0.4 is 0 Å². The normalized spacial score (nSPS) is 21.2. The summed E-state index contributed by atoms with van der Waals surface area (Å²) in [5, 5.41) is 12.0. The van der Waals surface area contributed by atoms with Gasteiger partial charge in [-0.15, -0.1) is 0 Å². The Hall–Kier alpha value is -0.530. The van der Waals surface area contributed by atoms with Crippen molar-refractivity contribution in [3.8, 4) is 0 Å². The number of hydrogen-bond donors (Lipinski definition) is 1. The van der Waals surface area contributed by atoms with Crippen molar-refractivity contribution in [3.63, 3.8) is 0 Å². The van der Waals surface area contributed by atoms with Crippen LogP contribution in [0, 0.1) is 11.3 Å². The monoisotopic (exact) mass is 197 g/mol. The molecule has 0 unspecified atom stereocenters. The highest BCUT2D eigenvalue weighted by Gasteiger charge is 2.30. The first-order chi connectivity index (χ1) is 6.56. The molecule has 82 valence electrons. The second-order valence-corrected chi connectivity index (χ2v) is 5.34. The van der Waals surface area contributed by atoms with Gasteiger partial charge in [-0.1, -0.05) is 38.3 Å². The summed E-state index contributed by atoms with van der Waals surface area (Å²) in [7, 11) is 0. The van der Waals surface area contributed by atoms with Gasteiger partial charge in [0, 0.05) is 0 Å². The van der Waals surface area contributed by atoms with Crippen molar-refractivity contribution in [2.24, 2.45) is 16.5 Å². The number of rotatable bonds is 3. The van der Waals surface area contributed by atoms with Crippen molar-refractivity contribution in [1.82, 2.24) is 0 Å². The van der Waals surface area contributed by atoms with Gasteiger partial charge in [0.2, 0.25) is 0 Å². The Bertz CT molecular complexity index is 202. The molecule has 0 heterocycles. The van der Waals surface area contributed by atoms with Crippen LogP contribution in [0.25, 0.3) is 0 Å². The molecule has 0 saturated heterocycles. The minimum Gasteiger partial charge on any atom is -0.411 e. The average molecular weight is 197 g/mol. The molecule has 14 heavy (non-hydrogen) atoms. The summed E-state index contributed by atoms with van der Waals surface area (Å²) >= 11 is 0. The first-order valence-electron chi connectivity index (χ1n) is 5.74. The predicted molar refractivity (Wildman–Crippen MR) is 59.9 cm³/mol. The zero-order valence-electron chi connectivity index (χ0n) is 9.71. The van der Waals surface area contributed by atoms with E-state index in [4.69, 9.17) is 5.21 Å². The molecule has 0 bridgehead atoms. The lowest BCUT2D eigenvalue weighted by Crippen LogP contribution is -2.28. The zero-order valence-corrected chi connectivity index (χ0v) is 9.71. The Kier molecular flexibility index (Phi) is 3.97. The van der Waals surface area contributed by atoms with Crippen LogP contribution >= 0.6 is 0 Å². The van der Waals surface area contributed by atoms with E-state index in [0.29, 0.717) is 5.41 Å². The number of hydrogen-bond acceptors (Lipinski definition) is 2. The summed E-state index contributed by atoms with van der Waals surface area (Å²) in [6, 6.07) is 0. The Morgan fingerprint density at radius 1 is 1.29 bits per heavy atom. The minimum absolute atomic E-state index is 0.302. The van der Waals surface area contributed by atoms with Gasteiger partial charge in [0.15, 0.2) is 0 Å². The van der Waals surface area contributed by atoms with E-state index in [2.05, 4.69) is 19.0 Å². The van der Waals surface area contributed by atoms with Crippen molar-refractivity contribution in [2.75, 3.05) is 0 Å². The molecule has 1 fully saturated rings. The summed E-state index contributed by atoms with van der Waals surface area (Å²) < 4.78 is 0. The molecule has 0 aliphatic heterocycles. The molecule has 2 nitrogen and oxygen atoms in total. The average Bonchev–Trinajstić information content (AvgIpc) is 2.18. The smallest absolute Gasteiger partial charge is 0.0545 e. The molecule has 1 saturated carbocycles. The van der Waals surface area contributed by atoms with Gasteiger partial charge >= 0.3 is 0 Å². The van der Waals surface area contributed by atoms with Crippen LogP contribution in [-0.4, -0.2) is 10.9 Å². The molecular weight excluding hydrogens is 174 g/mol. The molecule has 0 aromatic rings. The lowest BCUT2D eigenvalue weighted by Gasteiger charge is -2.36. The van der Waals surface area contributed by atoms with Gasteiger partial charge in [0.1, 0.15) is 0 Å². The van der Waals surface area contributed by atoms with Gasteiger partial charge in [0.05, 0.1) is 5.71 Å². The van der Waals surface area contributed by atoms with E-state index in [0.717, 1.165) is 18.1 Å². The van der Waals surface area contributed by atoms with Crippen molar-refractivity contribution in [3.05, 3.63) is 0 Å². The summed E-state index contributed by atoms with van der Waals surface area (Å²) in [6.07, 6.45) is 7.79. The quantitative estimate of drug-likeness (QED) is 0.416. The van der Waals surface area contributed by atoms with E-state index in [-0.39, 0.29) is 0 Å². The third kappa shape index (κ3) is 3.00. The summed E-state index contributed by atoms with van der Waals surface area (Å²) in [5.41, 5.74) is 1.16. The van der Waals surface area contributed by atoms with Crippen LogP contribution in [0.2, 0.25) is 0 Å². The van der Waals surface area contributed by atoms with E-state index in [9.17, 15) is 0 Å². The van der Waals surface area contributed by atoms with Gasteiger partial charge in [-0.05, 0) is 37.5 Å². The minimum atomic E-state index is 0.302. The fraction of sp³-hybridized carbons (Fsp3) is 0.917. The second kappa shape index (κ2) is 4.81. The van der Waals surface area contributed by atoms with Crippen LogP contribution in [0.1, 0.15) is 59.3 Å². The Morgan fingerprint density at radius 3 is 2.36 bits per heavy atom. The molecule has 0 amide bonds. The number of oxime groups is 1.